The molecule has 0 radical (unpaired) electrons. The molecular weight excluding hydrogens is 476 g/mol. The third-order valence-corrected chi connectivity index (χ3v) is 8.13. The Morgan fingerprint density at radius 2 is 1.79 bits per heavy atom. The highest BCUT2D eigenvalue weighted by molar-refractivity contribution is 6.09. The summed E-state index contributed by atoms with van der Waals surface area (Å²) >= 11 is 0. The number of nitrogens with one attached hydrogen (secondary N) is 1. The Bertz CT molecular complexity index is 1270. The van der Waals surface area contributed by atoms with Gasteiger partial charge < -0.3 is 15.3 Å². The van der Waals surface area contributed by atoms with Crippen LogP contribution in [0, 0.1) is 5.92 Å². The molecule has 0 spiro atoms. The van der Waals surface area contributed by atoms with Gasteiger partial charge in [-0.1, -0.05) is 67.8 Å². The van der Waals surface area contributed by atoms with Gasteiger partial charge in [-0.25, -0.2) is 4.98 Å². The molecule has 1 aliphatic heterocycles. The number of hydrogen-bond acceptors (Lipinski definition) is 5. The van der Waals surface area contributed by atoms with Crippen LogP contribution in [0.3, 0.4) is 0 Å². The molecule has 2 aliphatic rings. The van der Waals surface area contributed by atoms with E-state index in [1.54, 1.807) is 4.90 Å². The fraction of sp³-hybridized carbons (Fsp3) is 0.452. The molecular formula is C31H38N4O3. The first-order valence-electron chi connectivity index (χ1n) is 13.9. The first kappa shape index (κ1) is 26.3. The van der Waals surface area contributed by atoms with Gasteiger partial charge in [-0.2, -0.15) is 0 Å². The van der Waals surface area contributed by atoms with E-state index >= 15 is 0 Å². The maximum Gasteiger partial charge on any atom is 0.252 e. The fourth-order valence-electron chi connectivity index (χ4n) is 6.00. The number of carbonyl (C=O) groups excluding carboxylic acids is 2. The number of amides is 2. The second kappa shape index (κ2) is 12.0. The van der Waals surface area contributed by atoms with Crippen molar-refractivity contribution in [2.75, 3.05) is 32.8 Å². The SMILES string of the molecule is C[C@H](NC(=O)c1c(CN2CCN(CCO)C(=O)C2)c(-c2ccccc2)nc2ccccc12)C1CCCCC1. The molecule has 1 saturated carbocycles. The summed E-state index contributed by atoms with van der Waals surface area (Å²) < 4.78 is 0. The lowest BCUT2D eigenvalue weighted by molar-refractivity contribution is -0.136. The van der Waals surface area contributed by atoms with E-state index in [4.69, 9.17) is 4.98 Å². The van der Waals surface area contributed by atoms with E-state index in [1.165, 1.54) is 19.3 Å². The van der Waals surface area contributed by atoms with Crippen LogP contribution in [0.2, 0.25) is 0 Å². The Morgan fingerprint density at radius 1 is 1.05 bits per heavy atom. The molecule has 200 valence electrons. The Hall–Kier alpha value is -3.29. The van der Waals surface area contributed by atoms with Gasteiger partial charge in [-0.05, 0) is 31.7 Å². The number of aliphatic hydroxyl groups is 1. The van der Waals surface area contributed by atoms with Gasteiger partial charge in [0, 0.05) is 48.7 Å². The van der Waals surface area contributed by atoms with E-state index in [0.29, 0.717) is 37.7 Å². The minimum atomic E-state index is -0.0703. The molecule has 7 nitrogen and oxygen atoms in total. The van der Waals surface area contributed by atoms with Gasteiger partial charge in [-0.15, -0.1) is 0 Å². The molecule has 1 aromatic heterocycles. The van der Waals surface area contributed by atoms with Crippen molar-refractivity contribution in [3.8, 4) is 11.3 Å². The van der Waals surface area contributed by atoms with Crippen LogP contribution in [0.4, 0.5) is 0 Å². The molecule has 2 aromatic carbocycles. The maximum atomic E-state index is 14.1. The van der Waals surface area contributed by atoms with Crippen molar-refractivity contribution in [1.29, 1.82) is 0 Å². The predicted molar refractivity (Wildman–Crippen MR) is 150 cm³/mol. The van der Waals surface area contributed by atoms with Crippen molar-refractivity contribution in [1.82, 2.24) is 20.1 Å². The molecule has 2 fully saturated rings. The zero-order chi connectivity index (χ0) is 26.5. The highest BCUT2D eigenvalue weighted by atomic mass is 16.3. The number of piperazine rings is 1. The average Bonchev–Trinajstić information content (AvgIpc) is 2.95. The first-order chi connectivity index (χ1) is 18.5. The molecule has 0 bridgehead atoms. The van der Waals surface area contributed by atoms with Crippen LogP contribution in [0.1, 0.15) is 54.9 Å². The quantitative estimate of drug-likeness (QED) is 0.470. The van der Waals surface area contributed by atoms with E-state index in [0.717, 1.165) is 40.6 Å². The minimum Gasteiger partial charge on any atom is -0.395 e. The third kappa shape index (κ3) is 5.74. The third-order valence-electron chi connectivity index (χ3n) is 8.13. The van der Waals surface area contributed by atoms with Crippen LogP contribution in [0.25, 0.3) is 22.2 Å². The number of carbonyl (C=O) groups is 2. The number of β-amino-alcohol motifs (C(OH)–C–C–N with tert-alkyl or cyclic N) is 1. The lowest BCUT2D eigenvalue weighted by atomic mass is 9.84. The second-order valence-electron chi connectivity index (χ2n) is 10.7. The van der Waals surface area contributed by atoms with Crippen molar-refractivity contribution in [3.05, 3.63) is 65.7 Å². The summed E-state index contributed by atoms with van der Waals surface area (Å²) in [5.41, 5.74) is 4.03. The monoisotopic (exact) mass is 514 g/mol. The van der Waals surface area contributed by atoms with Crippen LogP contribution >= 0.6 is 0 Å². The highest BCUT2D eigenvalue weighted by Gasteiger charge is 2.29. The van der Waals surface area contributed by atoms with Crippen LogP contribution < -0.4 is 5.32 Å². The number of hydrogen-bond donors (Lipinski definition) is 2. The topological polar surface area (TPSA) is 85.8 Å². The normalized spacial score (nSPS) is 18.1. The Labute approximate surface area is 224 Å². The second-order valence-corrected chi connectivity index (χ2v) is 10.7. The lowest BCUT2D eigenvalue weighted by Gasteiger charge is -2.35. The smallest absolute Gasteiger partial charge is 0.252 e. The summed E-state index contributed by atoms with van der Waals surface area (Å²) in [7, 11) is 0. The molecule has 5 rings (SSSR count). The fourth-order valence-corrected chi connectivity index (χ4v) is 6.00. The molecule has 1 saturated heterocycles. The summed E-state index contributed by atoms with van der Waals surface area (Å²) in [5, 5.41) is 13.5. The zero-order valence-electron chi connectivity index (χ0n) is 22.2. The summed E-state index contributed by atoms with van der Waals surface area (Å²) in [5.74, 6) is 0.423. The Balaban J connectivity index is 1.55. The number of para-hydroxylation sites is 1. The average molecular weight is 515 g/mol. The lowest BCUT2D eigenvalue weighted by Crippen LogP contribution is -2.50. The highest BCUT2D eigenvalue weighted by Crippen LogP contribution is 2.33. The minimum absolute atomic E-state index is 0.00256. The van der Waals surface area contributed by atoms with Gasteiger partial charge in [0.1, 0.15) is 0 Å². The van der Waals surface area contributed by atoms with Gasteiger partial charge in [-0.3, -0.25) is 14.5 Å². The number of nitrogens with zero attached hydrogens (tertiary/aromatic N) is 3. The van der Waals surface area contributed by atoms with E-state index in [-0.39, 0.29) is 31.0 Å². The van der Waals surface area contributed by atoms with E-state index in [1.807, 2.05) is 54.6 Å². The van der Waals surface area contributed by atoms with E-state index < -0.39 is 0 Å². The Kier molecular flexibility index (Phi) is 8.35. The van der Waals surface area contributed by atoms with Gasteiger partial charge in [0.25, 0.3) is 5.91 Å². The molecule has 2 amide bonds. The zero-order valence-corrected chi connectivity index (χ0v) is 22.2. The molecule has 3 aromatic rings. The molecule has 1 atom stereocenters. The standard InChI is InChI=1S/C31H38N4O3/c1-22(23-10-4-2-5-11-23)32-31(38)29-25-14-8-9-15-27(25)33-30(24-12-6-3-7-13-24)26(29)20-34-16-17-35(18-19-36)28(37)21-34/h3,6-9,12-15,22-23,36H,2,4-5,10-11,16-21H2,1H3,(H,32,38)/t22-/m0/s1. The largest absolute Gasteiger partial charge is 0.395 e. The molecule has 1 aliphatic carbocycles. The van der Waals surface area contributed by atoms with Gasteiger partial charge in [0.05, 0.1) is 29.9 Å². The summed E-state index contributed by atoms with van der Waals surface area (Å²) in [4.78, 5) is 35.7. The number of rotatable bonds is 8. The molecule has 2 N–H and O–H groups in total. The van der Waals surface area contributed by atoms with Crippen LogP contribution in [-0.2, 0) is 11.3 Å². The molecule has 38 heavy (non-hydrogen) atoms. The van der Waals surface area contributed by atoms with E-state index in [2.05, 4.69) is 17.1 Å². The van der Waals surface area contributed by atoms with Crippen molar-refractivity contribution in [3.63, 3.8) is 0 Å². The van der Waals surface area contributed by atoms with Crippen LogP contribution in [0.15, 0.2) is 54.6 Å². The predicted octanol–water partition coefficient (Wildman–Crippen LogP) is 4.24. The van der Waals surface area contributed by atoms with E-state index in [9.17, 15) is 14.7 Å². The van der Waals surface area contributed by atoms with Gasteiger partial charge >= 0.3 is 0 Å². The summed E-state index contributed by atoms with van der Waals surface area (Å²) in [6.07, 6.45) is 6.04. The summed E-state index contributed by atoms with van der Waals surface area (Å²) in [6, 6.07) is 17.9. The van der Waals surface area contributed by atoms with Crippen LogP contribution in [0.5, 0.6) is 0 Å². The van der Waals surface area contributed by atoms with Crippen LogP contribution in [-0.4, -0.2) is 70.5 Å². The van der Waals surface area contributed by atoms with Crippen molar-refractivity contribution < 1.29 is 14.7 Å². The maximum absolute atomic E-state index is 14.1. The molecule has 0 unspecified atom stereocenters. The van der Waals surface area contributed by atoms with Gasteiger partial charge in [0.15, 0.2) is 0 Å². The number of pyridine rings is 1. The molecule has 7 heteroatoms. The first-order valence-corrected chi connectivity index (χ1v) is 13.9. The number of fused-ring (bicyclic) bond motifs is 1. The Morgan fingerprint density at radius 3 is 2.53 bits per heavy atom. The number of aliphatic hydroxyl groups excluding tert-OH is 1. The van der Waals surface area contributed by atoms with Crippen molar-refractivity contribution in [2.24, 2.45) is 5.92 Å². The number of benzene rings is 2. The summed E-state index contributed by atoms with van der Waals surface area (Å²) in [6.45, 7) is 4.37. The van der Waals surface area contributed by atoms with Gasteiger partial charge in [0.2, 0.25) is 5.91 Å². The molecule has 2 heterocycles. The number of aromatic nitrogens is 1. The van der Waals surface area contributed by atoms with Crippen molar-refractivity contribution >= 4 is 22.7 Å². The van der Waals surface area contributed by atoms with Crippen molar-refractivity contribution in [2.45, 2.75) is 51.6 Å².